The molecule has 1 aliphatic heterocycles. The maximum Gasteiger partial charge on any atom is 0.417 e. The normalized spacial score (nSPS) is 18.8. The number of carbonyl (C=O) groups is 2. The molecular weight excluding hydrogens is 427 g/mol. The third-order valence-electron chi connectivity index (χ3n) is 5.24. The molecule has 2 aromatic rings. The number of pyridine rings is 1. The maximum atomic E-state index is 13.3. The van der Waals surface area contributed by atoms with Gasteiger partial charge in [-0.3, -0.25) is 0 Å². The highest BCUT2D eigenvalue weighted by molar-refractivity contribution is 5.92. The Labute approximate surface area is 181 Å². The predicted molar refractivity (Wildman–Crippen MR) is 109 cm³/mol. The van der Waals surface area contributed by atoms with Crippen LogP contribution >= 0.6 is 0 Å². The Hall–Kier alpha value is -3.81. The Bertz CT molecular complexity index is 1080. The van der Waals surface area contributed by atoms with Crippen LogP contribution in [0.3, 0.4) is 0 Å². The molecule has 32 heavy (non-hydrogen) atoms. The maximum absolute atomic E-state index is 13.3. The molecule has 1 aromatic carbocycles. The minimum Gasteiger partial charge on any atom is -0.477 e. The lowest BCUT2D eigenvalue weighted by Crippen LogP contribution is -2.59. The van der Waals surface area contributed by atoms with E-state index in [1.165, 1.54) is 29.3 Å². The second-order valence-corrected chi connectivity index (χ2v) is 7.51. The predicted octanol–water partition coefficient (Wildman–Crippen LogP) is 3.80. The zero-order valence-corrected chi connectivity index (χ0v) is 17.2. The van der Waals surface area contributed by atoms with E-state index in [4.69, 9.17) is 10.4 Å². The number of urea groups is 1. The molecule has 1 fully saturated rings. The van der Waals surface area contributed by atoms with E-state index in [9.17, 15) is 22.8 Å². The standard InChI is InChI=1S/C21H20F3N5O3/c1-12-11-29(20(32)27-15-5-6-26-18(7-15)19(30)31)13(2)10-28(12)16-4-3-14(9-25)17(8-16)21(22,23)24/h3-8,12-13H,10-11H2,1-2H3,(H,30,31)(H,26,27,32)/t12-,13+/m0/s1. The van der Waals surface area contributed by atoms with E-state index in [1.807, 2.05) is 0 Å². The van der Waals surface area contributed by atoms with Crippen LogP contribution in [0.5, 0.6) is 0 Å². The summed E-state index contributed by atoms with van der Waals surface area (Å²) in [5, 5.41) is 20.7. The number of hydrogen-bond acceptors (Lipinski definition) is 5. The minimum atomic E-state index is -4.66. The number of nitriles is 1. The molecule has 8 nitrogen and oxygen atoms in total. The average molecular weight is 447 g/mol. The number of hydrogen-bond donors (Lipinski definition) is 2. The number of alkyl halides is 3. The zero-order chi connectivity index (χ0) is 23.6. The molecule has 0 aliphatic carbocycles. The van der Waals surface area contributed by atoms with Crippen LogP contribution < -0.4 is 10.2 Å². The third-order valence-corrected chi connectivity index (χ3v) is 5.24. The molecule has 11 heteroatoms. The van der Waals surface area contributed by atoms with Crippen LogP contribution in [0.1, 0.15) is 35.5 Å². The summed E-state index contributed by atoms with van der Waals surface area (Å²) in [5.74, 6) is -1.22. The molecule has 1 saturated heterocycles. The molecular formula is C21H20F3N5O3. The van der Waals surface area contributed by atoms with Gasteiger partial charge in [-0.25, -0.2) is 14.6 Å². The highest BCUT2D eigenvalue weighted by atomic mass is 19.4. The summed E-state index contributed by atoms with van der Waals surface area (Å²) in [7, 11) is 0. The van der Waals surface area contributed by atoms with Gasteiger partial charge in [0.05, 0.1) is 17.2 Å². The lowest BCUT2D eigenvalue weighted by atomic mass is 10.0. The van der Waals surface area contributed by atoms with Gasteiger partial charge in [-0.2, -0.15) is 18.4 Å². The number of nitrogens with zero attached hydrogens (tertiary/aromatic N) is 4. The number of nitrogens with one attached hydrogen (secondary N) is 1. The van der Waals surface area contributed by atoms with E-state index in [0.717, 1.165) is 12.1 Å². The number of halogens is 3. The summed E-state index contributed by atoms with van der Waals surface area (Å²) in [4.78, 5) is 30.8. The highest BCUT2D eigenvalue weighted by Gasteiger charge is 2.36. The van der Waals surface area contributed by atoms with E-state index in [1.54, 1.807) is 24.8 Å². The monoisotopic (exact) mass is 447 g/mol. The summed E-state index contributed by atoms with van der Waals surface area (Å²) >= 11 is 0. The number of carbonyl (C=O) groups excluding carboxylic acids is 1. The molecule has 2 heterocycles. The minimum absolute atomic E-state index is 0.213. The molecule has 2 amide bonds. The van der Waals surface area contributed by atoms with Crippen molar-refractivity contribution < 1.29 is 27.9 Å². The van der Waals surface area contributed by atoms with Gasteiger partial charge in [-0.05, 0) is 44.2 Å². The summed E-state index contributed by atoms with van der Waals surface area (Å²) in [5.41, 5.74) is -1.07. The summed E-state index contributed by atoms with van der Waals surface area (Å²) < 4.78 is 40.0. The van der Waals surface area contributed by atoms with Crippen molar-refractivity contribution in [3.63, 3.8) is 0 Å². The molecule has 0 saturated carbocycles. The van der Waals surface area contributed by atoms with Crippen LogP contribution in [0, 0.1) is 11.3 Å². The number of aromatic nitrogens is 1. The van der Waals surface area contributed by atoms with Crippen molar-refractivity contribution in [1.82, 2.24) is 9.88 Å². The smallest absolute Gasteiger partial charge is 0.417 e. The summed E-state index contributed by atoms with van der Waals surface area (Å²) in [6, 6.07) is 6.73. The Morgan fingerprint density at radius 1 is 1.19 bits per heavy atom. The average Bonchev–Trinajstić information content (AvgIpc) is 2.74. The van der Waals surface area contributed by atoms with Crippen LogP contribution in [0.4, 0.5) is 29.3 Å². The van der Waals surface area contributed by atoms with Crippen molar-refractivity contribution in [2.75, 3.05) is 23.3 Å². The first-order valence-corrected chi connectivity index (χ1v) is 9.66. The van der Waals surface area contributed by atoms with Gasteiger partial charge >= 0.3 is 18.2 Å². The number of benzene rings is 1. The summed E-state index contributed by atoms with van der Waals surface area (Å²) in [6.45, 7) is 4.05. The Morgan fingerprint density at radius 2 is 1.91 bits per heavy atom. The van der Waals surface area contributed by atoms with Gasteiger partial charge in [0.1, 0.15) is 5.69 Å². The molecule has 0 spiro atoms. The van der Waals surface area contributed by atoms with Crippen LogP contribution in [0.25, 0.3) is 0 Å². The largest absolute Gasteiger partial charge is 0.477 e. The zero-order valence-electron chi connectivity index (χ0n) is 17.2. The SMILES string of the molecule is C[C@@H]1CN(c2ccc(C#N)c(C(F)(F)F)c2)[C@@H](C)CN1C(=O)Nc1ccnc(C(=O)O)c1. The number of amides is 2. The first-order valence-electron chi connectivity index (χ1n) is 9.66. The molecule has 0 unspecified atom stereocenters. The summed E-state index contributed by atoms with van der Waals surface area (Å²) in [6.07, 6.45) is -3.39. The molecule has 0 bridgehead atoms. The number of anilines is 2. The molecule has 2 N–H and O–H groups in total. The molecule has 3 rings (SSSR count). The van der Waals surface area contributed by atoms with E-state index in [0.29, 0.717) is 5.69 Å². The van der Waals surface area contributed by atoms with E-state index < -0.39 is 29.3 Å². The number of aromatic carboxylic acids is 1. The second-order valence-electron chi connectivity index (χ2n) is 7.51. The van der Waals surface area contributed by atoms with Crippen molar-refractivity contribution in [2.24, 2.45) is 0 Å². The first kappa shape index (κ1) is 22.9. The van der Waals surface area contributed by atoms with Crippen molar-refractivity contribution in [3.8, 4) is 6.07 Å². The molecule has 0 radical (unpaired) electrons. The fourth-order valence-electron chi connectivity index (χ4n) is 3.63. The molecule has 168 valence electrons. The van der Waals surface area contributed by atoms with Gasteiger partial charge in [-0.15, -0.1) is 0 Å². The van der Waals surface area contributed by atoms with Gasteiger partial charge in [0.15, 0.2) is 0 Å². The first-order chi connectivity index (χ1) is 15.0. The Kier molecular flexibility index (Phi) is 6.25. The van der Waals surface area contributed by atoms with Crippen molar-refractivity contribution in [1.29, 1.82) is 5.26 Å². The van der Waals surface area contributed by atoms with Crippen molar-refractivity contribution in [2.45, 2.75) is 32.1 Å². The van der Waals surface area contributed by atoms with Crippen molar-refractivity contribution >= 4 is 23.4 Å². The molecule has 1 aliphatic rings. The van der Waals surface area contributed by atoms with Gasteiger partial charge in [0, 0.05) is 42.7 Å². The fourth-order valence-corrected chi connectivity index (χ4v) is 3.63. The Morgan fingerprint density at radius 3 is 2.53 bits per heavy atom. The number of carboxylic acids is 1. The van der Waals surface area contributed by atoms with E-state index in [-0.39, 0.29) is 36.6 Å². The van der Waals surface area contributed by atoms with Crippen LogP contribution in [0.2, 0.25) is 0 Å². The van der Waals surface area contributed by atoms with Crippen molar-refractivity contribution in [3.05, 3.63) is 53.3 Å². The van der Waals surface area contributed by atoms with Crippen LogP contribution in [-0.2, 0) is 6.18 Å². The quantitative estimate of drug-likeness (QED) is 0.741. The topological polar surface area (TPSA) is 110 Å². The number of piperazine rings is 1. The van der Waals surface area contributed by atoms with Crippen LogP contribution in [-0.4, -0.2) is 52.2 Å². The molecule has 1 aromatic heterocycles. The van der Waals surface area contributed by atoms with E-state index in [2.05, 4.69) is 10.3 Å². The lowest BCUT2D eigenvalue weighted by Gasteiger charge is -2.45. The van der Waals surface area contributed by atoms with E-state index >= 15 is 0 Å². The number of carboxylic acid groups (broad SMARTS) is 1. The number of rotatable bonds is 3. The highest BCUT2D eigenvalue weighted by Crippen LogP contribution is 2.35. The van der Waals surface area contributed by atoms with Gasteiger partial charge in [0.25, 0.3) is 0 Å². The second kappa shape index (κ2) is 8.74. The van der Waals surface area contributed by atoms with Gasteiger partial charge in [0.2, 0.25) is 0 Å². The Balaban J connectivity index is 1.77. The van der Waals surface area contributed by atoms with Gasteiger partial charge < -0.3 is 20.2 Å². The molecule has 2 atom stereocenters. The van der Waals surface area contributed by atoms with Crippen LogP contribution in [0.15, 0.2) is 36.5 Å². The third kappa shape index (κ3) is 4.74. The fraction of sp³-hybridized carbons (Fsp3) is 0.333. The van der Waals surface area contributed by atoms with Gasteiger partial charge in [-0.1, -0.05) is 0 Å². The lowest BCUT2D eigenvalue weighted by molar-refractivity contribution is -0.137.